The summed E-state index contributed by atoms with van der Waals surface area (Å²) in [6, 6.07) is 95.0. The third-order valence-electron chi connectivity index (χ3n) is 16.6. The fourth-order valence-corrected chi connectivity index (χ4v) is 13.2. The number of carbonyl (C=O) groups excluding carboxylic acids is 1. The minimum atomic E-state index is -0.718. The Morgan fingerprint density at radius 3 is 1.20 bits per heavy atom. The molecule has 0 bridgehead atoms. The van der Waals surface area contributed by atoms with Crippen LogP contribution in [0, 0.1) is 0 Å². The highest BCUT2D eigenvalue weighted by atomic mass is 16.1. The van der Waals surface area contributed by atoms with Gasteiger partial charge in [-0.15, -0.1) is 0 Å². The molecule has 1 aliphatic heterocycles. The number of anilines is 3. The molecule has 0 radical (unpaired) electrons. The molecule has 1 aliphatic carbocycles. The maximum Gasteiger partial charge on any atom is 0.193 e. The van der Waals surface area contributed by atoms with Crippen molar-refractivity contribution in [3.63, 3.8) is 0 Å². The first kappa shape index (κ1) is 43.1. The first-order valence-electron chi connectivity index (χ1n) is 26.0. The van der Waals surface area contributed by atoms with E-state index in [1.54, 1.807) is 0 Å². The summed E-state index contributed by atoms with van der Waals surface area (Å²) in [6.45, 7) is 4.45. The van der Waals surface area contributed by atoms with E-state index >= 15 is 0 Å². The van der Waals surface area contributed by atoms with Crippen molar-refractivity contribution in [1.29, 1.82) is 0 Å². The number of fused-ring (bicyclic) bond motifs is 10. The van der Waals surface area contributed by atoms with E-state index in [2.05, 4.69) is 271 Å². The van der Waals surface area contributed by atoms with E-state index in [1.807, 2.05) is 18.2 Å². The molecule has 2 aliphatic rings. The smallest absolute Gasteiger partial charge is 0.193 e. The van der Waals surface area contributed by atoms with Crippen LogP contribution in [-0.4, -0.2) is 14.9 Å². The summed E-state index contributed by atoms with van der Waals surface area (Å²) in [5.74, 6) is 0.0818. The summed E-state index contributed by atoms with van der Waals surface area (Å²) in [6.07, 6.45) is 0. The van der Waals surface area contributed by atoms with Gasteiger partial charge in [-0.2, -0.15) is 0 Å². The molecule has 75 heavy (non-hydrogen) atoms. The Balaban J connectivity index is 1.01. The second-order valence-corrected chi connectivity index (χ2v) is 20.8. The number of hydrogen-bond acceptors (Lipinski definition) is 2. The Kier molecular flexibility index (Phi) is 9.34. The summed E-state index contributed by atoms with van der Waals surface area (Å²) in [7, 11) is 0. The van der Waals surface area contributed by atoms with Gasteiger partial charge in [-0.1, -0.05) is 208 Å². The van der Waals surface area contributed by atoms with E-state index < -0.39 is 5.41 Å². The molecule has 4 heteroatoms. The molecule has 0 spiro atoms. The molecule has 0 N–H and O–H groups in total. The van der Waals surface area contributed by atoms with Gasteiger partial charge in [-0.3, -0.25) is 4.79 Å². The fraction of sp³-hybridized carbons (Fsp3) is 0.0563. The van der Waals surface area contributed by atoms with E-state index in [4.69, 9.17) is 0 Å². The van der Waals surface area contributed by atoms with Crippen molar-refractivity contribution in [2.45, 2.75) is 24.7 Å². The minimum absolute atomic E-state index is 0.0818. The number of nitrogens with zero attached hydrogens (tertiary/aromatic N) is 3. The lowest BCUT2D eigenvalue weighted by molar-refractivity contribution is 0.103. The van der Waals surface area contributed by atoms with Crippen molar-refractivity contribution in [2.24, 2.45) is 0 Å². The third-order valence-corrected chi connectivity index (χ3v) is 16.6. The van der Waals surface area contributed by atoms with Crippen LogP contribution in [-0.2, 0) is 10.8 Å². The van der Waals surface area contributed by atoms with Crippen LogP contribution in [0.4, 0.5) is 17.1 Å². The van der Waals surface area contributed by atoms with Crippen LogP contribution < -0.4 is 4.90 Å². The van der Waals surface area contributed by atoms with Crippen LogP contribution >= 0.6 is 0 Å². The molecule has 0 saturated heterocycles. The van der Waals surface area contributed by atoms with E-state index in [-0.39, 0.29) is 11.2 Å². The van der Waals surface area contributed by atoms with Crippen molar-refractivity contribution in [3.05, 3.63) is 305 Å². The highest BCUT2D eigenvalue weighted by Gasteiger charge is 2.47. The van der Waals surface area contributed by atoms with Gasteiger partial charge in [-0.25, -0.2) is 0 Å². The van der Waals surface area contributed by atoms with Crippen LogP contribution in [0.2, 0.25) is 0 Å². The Hall–Kier alpha value is -9.51. The third kappa shape index (κ3) is 6.14. The number of carbonyl (C=O) groups is 1. The Morgan fingerprint density at radius 2 is 0.707 bits per heavy atom. The Morgan fingerprint density at radius 1 is 0.320 bits per heavy atom. The molecule has 0 saturated carbocycles. The number of aromatic nitrogens is 2. The molecular weight excluding hydrogens is 911 g/mol. The quantitative estimate of drug-likeness (QED) is 0.166. The van der Waals surface area contributed by atoms with Crippen molar-refractivity contribution >= 4 is 66.5 Å². The zero-order valence-electron chi connectivity index (χ0n) is 41.6. The molecule has 0 unspecified atom stereocenters. The van der Waals surface area contributed by atoms with Crippen LogP contribution in [0.1, 0.15) is 63.1 Å². The van der Waals surface area contributed by atoms with Gasteiger partial charge in [0, 0.05) is 55.1 Å². The minimum Gasteiger partial charge on any atom is -0.310 e. The summed E-state index contributed by atoms with van der Waals surface area (Å²) >= 11 is 0. The summed E-state index contributed by atoms with van der Waals surface area (Å²) in [5.41, 5.74) is 19.5. The molecule has 0 amide bonds. The van der Waals surface area contributed by atoms with Crippen molar-refractivity contribution in [1.82, 2.24) is 9.13 Å². The van der Waals surface area contributed by atoms with Crippen LogP contribution in [0.3, 0.4) is 0 Å². The van der Waals surface area contributed by atoms with Gasteiger partial charge in [0.2, 0.25) is 0 Å². The average molecular weight is 960 g/mol. The summed E-state index contributed by atoms with van der Waals surface area (Å²) in [5, 5.41) is 4.89. The molecule has 15 rings (SSSR count). The number of hydrogen-bond donors (Lipinski definition) is 0. The predicted octanol–water partition coefficient (Wildman–Crippen LogP) is 17.6. The number of benzene rings is 11. The molecule has 354 valence electrons. The summed E-state index contributed by atoms with van der Waals surface area (Å²) in [4.78, 5) is 16.7. The van der Waals surface area contributed by atoms with Crippen molar-refractivity contribution < 1.29 is 4.79 Å². The highest BCUT2D eigenvalue weighted by molar-refractivity contribution is 6.14. The molecule has 2 aromatic heterocycles. The van der Waals surface area contributed by atoms with Gasteiger partial charge in [0.05, 0.1) is 38.9 Å². The molecule has 0 atom stereocenters. The normalized spacial score (nSPS) is 14.2. The van der Waals surface area contributed by atoms with Gasteiger partial charge in [0.15, 0.2) is 5.78 Å². The monoisotopic (exact) mass is 959 g/mol. The SMILES string of the molecule is CC1(C)c2ccccc2C(=O)c2cc(-c3ccc(N4c5cc(-n6c7ccccc7c7ccccc76)ccc5C(c5ccccc5)(c5ccccc5)c5ccc(-n6c7ccccc7c7ccccc76)cc54)cc3)ccc21. The van der Waals surface area contributed by atoms with Crippen LogP contribution in [0.15, 0.2) is 261 Å². The molecule has 3 heterocycles. The lowest BCUT2D eigenvalue weighted by Gasteiger charge is -2.47. The van der Waals surface area contributed by atoms with Gasteiger partial charge in [0.25, 0.3) is 0 Å². The fourth-order valence-electron chi connectivity index (χ4n) is 13.2. The summed E-state index contributed by atoms with van der Waals surface area (Å²) < 4.78 is 4.86. The maximum atomic E-state index is 14.2. The van der Waals surface area contributed by atoms with Crippen LogP contribution in [0.25, 0.3) is 66.1 Å². The molecule has 4 nitrogen and oxygen atoms in total. The number of ketones is 1. The van der Waals surface area contributed by atoms with Crippen LogP contribution in [0.5, 0.6) is 0 Å². The zero-order chi connectivity index (χ0) is 50.0. The predicted molar refractivity (Wildman–Crippen MR) is 309 cm³/mol. The number of para-hydroxylation sites is 4. The van der Waals surface area contributed by atoms with Crippen molar-refractivity contribution in [3.8, 4) is 22.5 Å². The molecular formula is C71H49N3O. The van der Waals surface area contributed by atoms with Gasteiger partial charge in [-0.05, 0) is 111 Å². The van der Waals surface area contributed by atoms with Gasteiger partial charge < -0.3 is 14.0 Å². The average Bonchev–Trinajstić information content (AvgIpc) is 4.01. The molecule has 13 aromatic rings. The largest absolute Gasteiger partial charge is 0.310 e. The Labute approximate surface area is 435 Å². The van der Waals surface area contributed by atoms with E-state index in [0.29, 0.717) is 0 Å². The van der Waals surface area contributed by atoms with E-state index in [9.17, 15) is 4.79 Å². The lowest BCUT2D eigenvalue weighted by atomic mass is 9.62. The number of rotatable bonds is 6. The Bertz CT molecular complexity index is 4150. The van der Waals surface area contributed by atoms with Gasteiger partial charge in [0.1, 0.15) is 0 Å². The first-order valence-corrected chi connectivity index (χ1v) is 26.0. The molecule has 11 aromatic carbocycles. The second-order valence-electron chi connectivity index (χ2n) is 20.8. The van der Waals surface area contributed by atoms with Crippen molar-refractivity contribution in [2.75, 3.05) is 4.90 Å². The first-order chi connectivity index (χ1) is 36.9. The molecule has 0 fully saturated rings. The standard InChI is InChI=1S/C71H49N3O/c1-70(2)59-28-14-9-27-57(59)69(75)58-43-47(35-40-60(58)70)46-33-36-50(37-34-46)72-67-44-51(73-63-29-15-10-23-53(63)54-24-11-16-30-64(54)73)38-41-61(67)71(48-19-5-3-6-20-48,49-21-7-4-8-22-49)62-42-39-52(45-68(62)72)74-65-31-17-12-25-55(65)56-26-13-18-32-66(56)74/h3-45H,1-2H3. The van der Waals surface area contributed by atoms with E-state index in [0.717, 1.165) is 83.9 Å². The second kappa shape index (κ2) is 16.2. The van der Waals surface area contributed by atoms with E-state index in [1.165, 1.54) is 43.8 Å². The maximum absolute atomic E-state index is 14.2. The van der Waals surface area contributed by atoms with Gasteiger partial charge >= 0.3 is 0 Å². The topological polar surface area (TPSA) is 30.2 Å². The highest BCUT2D eigenvalue weighted by Crippen LogP contribution is 2.59. The lowest BCUT2D eigenvalue weighted by Crippen LogP contribution is -2.38. The zero-order valence-corrected chi connectivity index (χ0v) is 41.6.